The Bertz CT molecular complexity index is 785. The molecular formula is C19H23F2N3O3S. The molecule has 0 aliphatic heterocycles. The number of aromatic nitrogens is 2. The number of alkyl halides is 2. The van der Waals surface area contributed by atoms with Crippen LogP contribution in [0.25, 0.3) is 11.5 Å². The highest BCUT2D eigenvalue weighted by Crippen LogP contribution is 2.30. The van der Waals surface area contributed by atoms with Crippen LogP contribution in [0.3, 0.4) is 0 Å². The normalized spacial score (nSPS) is 22.2. The van der Waals surface area contributed by atoms with E-state index in [9.17, 15) is 13.6 Å². The van der Waals surface area contributed by atoms with Gasteiger partial charge in [0.1, 0.15) is 5.75 Å². The van der Waals surface area contributed by atoms with Crippen LogP contribution in [-0.2, 0) is 4.79 Å². The number of rotatable bonds is 7. The molecule has 2 aromatic rings. The third-order valence-corrected chi connectivity index (χ3v) is 5.93. The largest absolute Gasteiger partial charge is 0.435 e. The molecular weight excluding hydrogens is 388 g/mol. The average molecular weight is 411 g/mol. The maximum atomic E-state index is 12.2. The fourth-order valence-corrected chi connectivity index (χ4v) is 3.90. The zero-order valence-electron chi connectivity index (χ0n) is 15.7. The van der Waals surface area contributed by atoms with Crippen LogP contribution in [-0.4, -0.2) is 34.5 Å². The second kappa shape index (κ2) is 9.36. The fraction of sp³-hybridized carbons (Fsp3) is 0.526. The van der Waals surface area contributed by atoms with Gasteiger partial charge in [0.05, 0.1) is 5.75 Å². The summed E-state index contributed by atoms with van der Waals surface area (Å²) in [6, 6.07) is 6.12. The first kappa shape index (κ1) is 20.6. The number of thioether (sulfide) groups is 1. The number of carbonyl (C=O) groups is 1. The van der Waals surface area contributed by atoms with Crippen LogP contribution in [0, 0.1) is 11.8 Å². The van der Waals surface area contributed by atoms with Crippen LogP contribution in [0.5, 0.6) is 5.75 Å². The van der Waals surface area contributed by atoms with Gasteiger partial charge in [0.25, 0.3) is 5.22 Å². The van der Waals surface area contributed by atoms with Crippen LogP contribution in [0.1, 0.15) is 33.1 Å². The molecule has 1 aliphatic carbocycles. The molecule has 3 atom stereocenters. The molecule has 1 aromatic heterocycles. The Labute approximate surface area is 166 Å². The fourth-order valence-electron chi connectivity index (χ4n) is 3.33. The van der Waals surface area contributed by atoms with E-state index in [1.165, 1.54) is 30.3 Å². The molecule has 1 N–H and O–H groups in total. The van der Waals surface area contributed by atoms with E-state index in [1.807, 2.05) is 0 Å². The minimum absolute atomic E-state index is 0.0517. The van der Waals surface area contributed by atoms with E-state index in [0.717, 1.165) is 12.8 Å². The topological polar surface area (TPSA) is 77.2 Å². The molecule has 28 heavy (non-hydrogen) atoms. The third-order valence-electron chi connectivity index (χ3n) is 5.11. The number of benzene rings is 1. The number of carbonyl (C=O) groups excluding carboxylic acids is 1. The number of amides is 1. The van der Waals surface area contributed by atoms with Gasteiger partial charge in [-0.15, -0.1) is 10.2 Å². The molecule has 1 saturated carbocycles. The Morgan fingerprint density at radius 3 is 2.75 bits per heavy atom. The molecule has 1 fully saturated rings. The number of hydrogen-bond acceptors (Lipinski definition) is 6. The van der Waals surface area contributed by atoms with Crippen LogP contribution in [0.2, 0.25) is 0 Å². The van der Waals surface area contributed by atoms with Crippen LogP contribution < -0.4 is 10.1 Å². The SMILES string of the molecule is CC1CCCC(NC(=O)CSc2nnc(-c3ccc(OC(F)F)cc3)o2)C1C. The number of nitrogens with one attached hydrogen (secondary N) is 1. The first-order valence-electron chi connectivity index (χ1n) is 9.23. The zero-order chi connectivity index (χ0) is 20.1. The van der Waals surface area contributed by atoms with E-state index in [4.69, 9.17) is 4.42 Å². The lowest BCUT2D eigenvalue weighted by molar-refractivity contribution is -0.120. The Balaban J connectivity index is 1.51. The molecule has 0 saturated heterocycles. The lowest BCUT2D eigenvalue weighted by atomic mass is 9.78. The van der Waals surface area contributed by atoms with Crippen molar-refractivity contribution in [1.29, 1.82) is 0 Å². The van der Waals surface area contributed by atoms with E-state index >= 15 is 0 Å². The van der Waals surface area contributed by atoms with Gasteiger partial charge in [-0.25, -0.2) is 0 Å². The maximum Gasteiger partial charge on any atom is 0.387 e. The number of nitrogens with zero attached hydrogens (tertiary/aromatic N) is 2. The van der Waals surface area contributed by atoms with Crippen molar-refractivity contribution in [2.24, 2.45) is 11.8 Å². The molecule has 0 bridgehead atoms. The first-order valence-corrected chi connectivity index (χ1v) is 10.2. The van der Waals surface area contributed by atoms with Gasteiger partial charge in [0.15, 0.2) is 0 Å². The molecule has 0 spiro atoms. The molecule has 3 rings (SSSR count). The van der Waals surface area contributed by atoms with Crippen LogP contribution in [0.4, 0.5) is 8.78 Å². The lowest BCUT2D eigenvalue weighted by Gasteiger charge is -2.34. The van der Waals surface area contributed by atoms with Crippen molar-refractivity contribution in [1.82, 2.24) is 15.5 Å². The second-order valence-electron chi connectivity index (χ2n) is 7.01. The summed E-state index contributed by atoms with van der Waals surface area (Å²) < 4.78 is 34.2. The van der Waals surface area contributed by atoms with Gasteiger partial charge < -0.3 is 14.5 Å². The minimum Gasteiger partial charge on any atom is -0.435 e. The van der Waals surface area contributed by atoms with Gasteiger partial charge in [-0.1, -0.05) is 38.5 Å². The smallest absolute Gasteiger partial charge is 0.387 e. The number of hydrogen-bond donors (Lipinski definition) is 1. The predicted molar refractivity (Wildman–Crippen MR) is 101 cm³/mol. The van der Waals surface area contributed by atoms with Crippen molar-refractivity contribution < 1.29 is 22.7 Å². The lowest BCUT2D eigenvalue weighted by Crippen LogP contribution is -2.44. The molecule has 9 heteroatoms. The summed E-state index contributed by atoms with van der Waals surface area (Å²) in [6.45, 7) is 1.54. The highest BCUT2D eigenvalue weighted by molar-refractivity contribution is 7.99. The minimum atomic E-state index is -2.87. The van der Waals surface area contributed by atoms with Gasteiger partial charge in [-0.2, -0.15) is 8.78 Å². The molecule has 1 amide bonds. The summed E-state index contributed by atoms with van der Waals surface area (Å²) in [6.07, 6.45) is 3.36. The Hall–Kier alpha value is -2.16. The average Bonchev–Trinajstić information content (AvgIpc) is 3.13. The van der Waals surface area contributed by atoms with E-state index in [-0.39, 0.29) is 34.6 Å². The van der Waals surface area contributed by atoms with Gasteiger partial charge in [-0.3, -0.25) is 4.79 Å². The highest BCUT2D eigenvalue weighted by atomic mass is 32.2. The highest BCUT2D eigenvalue weighted by Gasteiger charge is 2.28. The molecule has 1 heterocycles. The Kier molecular flexibility index (Phi) is 6.88. The molecule has 3 unspecified atom stereocenters. The van der Waals surface area contributed by atoms with Gasteiger partial charge in [0, 0.05) is 11.6 Å². The summed E-state index contributed by atoms with van der Waals surface area (Å²) in [5.41, 5.74) is 0.579. The van der Waals surface area contributed by atoms with Crippen LogP contribution >= 0.6 is 11.8 Å². The molecule has 6 nitrogen and oxygen atoms in total. The van der Waals surface area contributed by atoms with Crippen molar-refractivity contribution in [3.8, 4) is 17.2 Å². The van der Waals surface area contributed by atoms with Crippen molar-refractivity contribution in [2.75, 3.05) is 5.75 Å². The van der Waals surface area contributed by atoms with Crippen molar-refractivity contribution in [3.05, 3.63) is 24.3 Å². The van der Waals surface area contributed by atoms with Crippen molar-refractivity contribution >= 4 is 17.7 Å². The van der Waals surface area contributed by atoms with Gasteiger partial charge >= 0.3 is 6.61 Å². The summed E-state index contributed by atoms with van der Waals surface area (Å²) in [4.78, 5) is 12.2. The van der Waals surface area contributed by atoms with E-state index in [1.54, 1.807) is 12.1 Å². The number of halogens is 2. The van der Waals surface area contributed by atoms with Crippen molar-refractivity contribution in [3.63, 3.8) is 0 Å². The molecule has 152 valence electrons. The summed E-state index contributed by atoms with van der Waals surface area (Å²) >= 11 is 1.17. The zero-order valence-corrected chi connectivity index (χ0v) is 16.5. The third kappa shape index (κ3) is 5.43. The van der Waals surface area contributed by atoms with E-state index < -0.39 is 6.61 Å². The van der Waals surface area contributed by atoms with E-state index in [2.05, 4.69) is 34.1 Å². The quantitative estimate of drug-likeness (QED) is 0.682. The monoisotopic (exact) mass is 411 g/mol. The molecule has 1 aliphatic rings. The van der Waals surface area contributed by atoms with E-state index in [0.29, 0.717) is 17.4 Å². The first-order chi connectivity index (χ1) is 13.4. The maximum absolute atomic E-state index is 12.2. The van der Waals surface area contributed by atoms with Crippen LogP contribution in [0.15, 0.2) is 33.9 Å². The molecule has 1 aromatic carbocycles. The standard InChI is InChI=1S/C19H23F2N3O3S/c1-11-4-3-5-15(12(11)2)22-16(25)10-28-19-24-23-17(27-19)13-6-8-14(9-7-13)26-18(20)21/h6-9,11-12,15,18H,3-5,10H2,1-2H3,(H,22,25). The van der Waals surface area contributed by atoms with Crippen molar-refractivity contribution in [2.45, 2.75) is 51.0 Å². The Morgan fingerprint density at radius 2 is 2.04 bits per heavy atom. The summed E-state index contributed by atoms with van der Waals surface area (Å²) in [5, 5.41) is 11.2. The predicted octanol–water partition coefficient (Wildman–Crippen LogP) is 4.37. The summed E-state index contributed by atoms with van der Waals surface area (Å²) in [7, 11) is 0. The summed E-state index contributed by atoms with van der Waals surface area (Å²) in [5.74, 6) is 1.53. The van der Waals surface area contributed by atoms with Gasteiger partial charge in [0.2, 0.25) is 11.8 Å². The second-order valence-corrected chi connectivity index (χ2v) is 7.93. The number of ether oxygens (including phenoxy) is 1. The molecule has 0 radical (unpaired) electrons. The van der Waals surface area contributed by atoms with Gasteiger partial charge in [-0.05, 0) is 42.5 Å². The Morgan fingerprint density at radius 1 is 1.29 bits per heavy atom.